The molecule has 0 aliphatic rings. The van der Waals surface area contributed by atoms with E-state index in [4.69, 9.17) is 56.2 Å². The molecule has 0 rings (SSSR count). The maximum Gasteiger partial charge on any atom is 0.223 e. The maximum atomic E-state index is 5.71. The Morgan fingerprint density at radius 2 is 1.36 bits per heavy atom. The van der Waals surface area contributed by atoms with E-state index in [1.54, 1.807) is 6.92 Å². The molecule has 1 unspecified atom stereocenters. The van der Waals surface area contributed by atoms with Crippen molar-refractivity contribution >= 4 is 46.4 Å². The van der Waals surface area contributed by atoms with Gasteiger partial charge in [0.25, 0.3) is 0 Å². The summed E-state index contributed by atoms with van der Waals surface area (Å²) in [5.74, 6) is 0.0135. The van der Waals surface area contributed by atoms with E-state index in [-0.39, 0.29) is 5.88 Å². The third-order valence-corrected chi connectivity index (χ3v) is 3.04. The largest absolute Gasteiger partial charge is 0.230 e. The summed E-state index contributed by atoms with van der Waals surface area (Å²) in [6.45, 7) is 7.03. The van der Waals surface area contributed by atoms with E-state index in [2.05, 4.69) is 0 Å². The van der Waals surface area contributed by atoms with Crippen LogP contribution >= 0.6 is 46.4 Å². The Morgan fingerprint density at radius 1 is 0.929 bits per heavy atom. The number of rotatable bonds is 3. The first kappa shape index (κ1) is 15.1. The fourth-order valence-corrected chi connectivity index (χ4v) is 1.11. The lowest BCUT2D eigenvalue weighted by Crippen LogP contribution is -2.46. The van der Waals surface area contributed by atoms with Gasteiger partial charge in [0.05, 0.1) is 11.5 Å². The Hall–Kier alpha value is 1.08. The molecule has 0 aromatic rings. The molecule has 0 aromatic carbocycles. The SMILES string of the molecule is CC(C)(C)OOC(C)(CCl)C(Cl)(Cl)Cl. The molecule has 0 bridgehead atoms. The standard InChI is InChI=1S/C8H14Cl4O2/c1-6(2,3)13-14-7(4,5-9)8(10,11)12/h5H2,1-4H3. The molecule has 0 spiro atoms. The van der Waals surface area contributed by atoms with E-state index >= 15 is 0 Å². The summed E-state index contributed by atoms with van der Waals surface area (Å²) in [4.78, 5) is 10.2. The molecule has 0 aliphatic heterocycles. The van der Waals surface area contributed by atoms with Gasteiger partial charge in [-0.2, -0.15) is 0 Å². The van der Waals surface area contributed by atoms with E-state index in [1.165, 1.54) is 0 Å². The smallest absolute Gasteiger partial charge is 0.223 e. The van der Waals surface area contributed by atoms with Gasteiger partial charge in [0.1, 0.15) is 0 Å². The molecule has 1 atom stereocenters. The monoisotopic (exact) mass is 282 g/mol. The molecule has 0 aromatic heterocycles. The zero-order valence-electron chi connectivity index (χ0n) is 8.54. The van der Waals surface area contributed by atoms with Crippen molar-refractivity contribution in [2.45, 2.75) is 42.7 Å². The van der Waals surface area contributed by atoms with Crippen LogP contribution in [0.1, 0.15) is 27.7 Å². The van der Waals surface area contributed by atoms with Crippen LogP contribution in [0, 0.1) is 0 Å². The zero-order chi connectivity index (χ0) is 11.6. The summed E-state index contributed by atoms with van der Waals surface area (Å²) in [7, 11) is 0. The lowest BCUT2D eigenvalue weighted by atomic mass is 10.2. The van der Waals surface area contributed by atoms with Crippen LogP contribution < -0.4 is 0 Å². The normalized spacial score (nSPS) is 18.0. The molecule has 0 radical (unpaired) electrons. The lowest BCUT2D eigenvalue weighted by Gasteiger charge is -2.34. The second-order valence-corrected chi connectivity index (χ2v) is 6.69. The van der Waals surface area contributed by atoms with Crippen LogP contribution in [0.25, 0.3) is 0 Å². The fraction of sp³-hybridized carbons (Fsp3) is 1.00. The molecule has 0 aliphatic carbocycles. The minimum Gasteiger partial charge on any atom is -0.230 e. The summed E-state index contributed by atoms with van der Waals surface area (Å²) in [5, 5.41) is 0. The third-order valence-electron chi connectivity index (χ3n) is 1.33. The van der Waals surface area contributed by atoms with Gasteiger partial charge in [0.2, 0.25) is 3.79 Å². The van der Waals surface area contributed by atoms with Gasteiger partial charge in [-0.05, 0) is 27.7 Å². The summed E-state index contributed by atoms with van der Waals surface area (Å²) in [6.07, 6.45) is 0. The second kappa shape index (κ2) is 4.94. The van der Waals surface area contributed by atoms with Crippen molar-refractivity contribution in [2.75, 3.05) is 5.88 Å². The van der Waals surface area contributed by atoms with E-state index < -0.39 is 15.0 Å². The van der Waals surface area contributed by atoms with Crippen LogP contribution in [0.5, 0.6) is 0 Å². The van der Waals surface area contributed by atoms with E-state index in [0.717, 1.165) is 0 Å². The van der Waals surface area contributed by atoms with Crippen LogP contribution in [-0.4, -0.2) is 20.9 Å². The number of halogens is 4. The van der Waals surface area contributed by atoms with Gasteiger partial charge >= 0.3 is 0 Å². The molecule has 0 N–H and O–H groups in total. The first-order chi connectivity index (χ1) is 6.02. The average molecular weight is 284 g/mol. The van der Waals surface area contributed by atoms with Gasteiger partial charge in [-0.1, -0.05) is 34.8 Å². The van der Waals surface area contributed by atoms with Crippen molar-refractivity contribution in [3.8, 4) is 0 Å². The van der Waals surface area contributed by atoms with Crippen molar-refractivity contribution in [2.24, 2.45) is 0 Å². The van der Waals surface area contributed by atoms with E-state index in [0.29, 0.717) is 0 Å². The van der Waals surface area contributed by atoms with Gasteiger partial charge < -0.3 is 0 Å². The molecular formula is C8H14Cl4O2. The van der Waals surface area contributed by atoms with Crippen LogP contribution in [0.2, 0.25) is 0 Å². The first-order valence-electron chi connectivity index (χ1n) is 4.01. The molecule has 0 saturated heterocycles. The Morgan fingerprint density at radius 3 is 1.57 bits per heavy atom. The minimum absolute atomic E-state index is 0.0135. The molecule has 0 heterocycles. The number of hydrogen-bond acceptors (Lipinski definition) is 2. The Labute approximate surface area is 105 Å². The Balaban J connectivity index is 4.43. The van der Waals surface area contributed by atoms with Crippen molar-refractivity contribution in [3.63, 3.8) is 0 Å². The van der Waals surface area contributed by atoms with Crippen LogP contribution in [0.4, 0.5) is 0 Å². The quantitative estimate of drug-likeness (QED) is 0.441. The van der Waals surface area contributed by atoms with Crippen LogP contribution in [-0.2, 0) is 9.78 Å². The summed E-state index contributed by atoms with van der Waals surface area (Å²) >= 11 is 22.8. The highest BCUT2D eigenvalue weighted by atomic mass is 35.6. The average Bonchev–Trinajstić information content (AvgIpc) is 1.96. The highest BCUT2D eigenvalue weighted by Gasteiger charge is 2.47. The fourth-order valence-electron chi connectivity index (χ4n) is 0.362. The first-order valence-corrected chi connectivity index (χ1v) is 5.68. The Bertz CT molecular complexity index is 185. The highest BCUT2D eigenvalue weighted by Crippen LogP contribution is 2.42. The van der Waals surface area contributed by atoms with Crippen molar-refractivity contribution in [3.05, 3.63) is 0 Å². The topological polar surface area (TPSA) is 18.5 Å². The van der Waals surface area contributed by atoms with Gasteiger partial charge in [-0.3, -0.25) is 0 Å². The van der Waals surface area contributed by atoms with Crippen molar-refractivity contribution < 1.29 is 9.78 Å². The van der Waals surface area contributed by atoms with Crippen LogP contribution in [0.3, 0.4) is 0 Å². The second-order valence-electron chi connectivity index (χ2n) is 4.14. The minimum atomic E-state index is -1.64. The summed E-state index contributed by atoms with van der Waals surface area (Å²) in [6, 6.07) is 0. The van der Waals surface area contributed by atoms with Gasteiger partial charge in [0.15, 0.2) is 5.60 Å². The van der Waals surface area contributed by atoms with Gasteiger partial charge in [-0.15, -0.1) is 11.6 Å². The molecule has 86 valence electrons. The highest BCUT2D eigenvalue weighted by molar-refractivity contribution is 6.68. The maximum absolute atomic E-state index is 5.71. The van der Waals surface area contributed by atoms with Gasteiger partial charge in [0, 0.05) is 0 Å². The van der Waals surface area contributed by atoms with E-state index in [9.17, 15) is 0 Å². The van der Waals surface area contributed by atoms with Crippen molar-refractivity contribution in [1.29, 1.82) is 0 Å². The van der Waals surface area contributed by atoms with Gasteiger partial charge in [-0.25, -0.2) is 9.78 Å². The zero-order valence-corrected chi connectivity index (χ0v) is 11.6. The molecule has 0 saturated carbocycles. The predicted octanol–water partition coefficient (Wildman–Crippen LogP) is 4.10. The predicted molar refractivity (Wildman–Crippen MR) is 61.3 cm³/mol. The lowest BCUT2D eigenvalue weighted by molar-refractivity contribution is -0.395. The molecular weight excluding hydrogens is 270 g/mol. The number of alkyl halides is 4. The molecule has 2 nitrogen and oxygen atoms in total. The molecule has 0 amide bonds. The molecule has 0 fully saturated rings. The van der Waals surface area contributed by atoms with E-state index in [1.807, 2.05) is 20.8 Å². The third kappa shape index (κ3) is 4.73. The molecule has 14 heavy (non-hydrogen) atoms. The van der Waals surface area contributed by atoms with Crippen molar-refractivity contribution in [1.82, 2.24) is 0 Å². The Kier molecular flexibility index (Phi) is 5.32. The van der Waals surface area contributed by atoms with Crippen LogP contribution in [0.15, 0.2) is 0 Å². The number of hydrogen-bond donors (Lipinski definition) is 0. The summed E-state index contributed by atoms with van der Waals surface area (Å²) in [5.41, 5.74) is -1.66. The molecule has 6 heteroatoms. The summed E-state index contributed by atoms with van der Waals surface area (Å²) < 4.78 is -1.64.